The Morgan fingerprint density at radius 3 is 2.32 bits per heavy atom. The highest BCUT2D eigenvalue weighted by Crippen LogP contribution is 2.31. The summed E-state index contributed by atoms with van der Waals surface area (Å²) in [5.74, 6) is -1.32. The van der Waals surface area contributed by atoms with Crippen LogP contribution in [0.4, 0.5) is 10.1 Å². The average molecular weight is 1170 g/mol. The third-order valence-electron chi connectivity index (χ3n) is 14.5. The molecule has 6 aromatic rings. The molecule has 2 saturated heterocycles. The lowest BCUT2D eigenvalue weighted by atomic mass is 9.85. The van der Waals surface area contributed by atoms with Crippen LogP contribution < -0.4 is 20.1 Å². The number of nitrogens with zero attached hydrogens (tertiary/aromatic N) is 6. The summed E-state index contributed by atoms with van der Waals surface area (Å²) in [6, 6.07) is 16.5. The van der Waals surface area contributed by atoms with E-state index in [0.717, 1.165) is 105 Å². The van der Waals surface area contributed by atoms with Crippen LogP contribution in [-0.2, 0) is 45.2 Å². The van der Waals surface area contributed by atoms with E-state index in [2.05, 4.69) is 45.4 Å². The number of carbonyl (C=O) groups is 3. The number of aliphatic hydroxyl groups is 1. The number of rotatable bonds is 29. The van der Waals surface area contributed by atoms with Gasteiger partial charge in [0, 0.05) is 63.7 Å². The molecule has 0 radical (unpaired) electrons. The van der Waals surface area contributed by atoms with Crippen molar-refractivity contribution in [2.24, 2.45) is 5.41 Å². The highest BCUT2D eigenvalue weighted by molar-refractivity contribution is 7.92. The van der Waals surface area contributed by atoms with Gasteiger partial charge in [-0.15, -0.1) is 11.3 Å². The van der Waals surface area contributed by atoms with Crippen LogP contribution in [0.5, 0.6) is 5.88 Å². The van der Waals surface area contributed by atoms with E-state index in [1.807, 2.05) is 57.5 Å². The van der Waals surface area contributed by atoms with Crippen molar-refractivity contribution in [3.05, 3.63) is 101 Å². The number of amides is 3. The van der Waals surface area contributed by atoms with Gasteiger partial charge in [0.1, 0.15) is 47.5 Å². The van der Waals surface area contributed by atoms with Crippen molar-refractivity contribution in [3.63, 3.8) is 0 Å². The number of aromatic nitrogens is 5. The number of likely N-dealkylation sites (tertiary alicyclic amines) is 1. The van der Waals surface area contributed by atoms with Gasteiger partial charge >= 0.3 is 0 Å². The molecule has 2 fully saturated rings. The summed E-state index contributed by atoms with van der Waals surface area (Å²) in [5.41, 5.74) is 6.03. The fourth-order valence-electron chi connectivity index (χ4n) is 9.92. The Kier molecular flexibility index (Phi) is 21.9. The topological polar surface area (TPSA) is 252 Å². The van der Waals surface area contributed by atoms with Crippen LogP contribution in [0.2, 0.25) is 0 Å². The number of morpholine rings is 1. The molecule has 5 N–H and O–H groups in total. The van der Waals surface area contributed by atoms with Gasteiger partial charge in [-0.3, -0.25) is 29.1 Å². The maximum Gasteiger partial charge on any atom is 0.264 e. The van der Waals surface area contributed by atoms with Crippen LogP contribution in [0.1, 0.15) is 95.4 Å². The number of anilines is 1. The zero-order valence-corrected chi connectivity index (χ0v) is 49.1. The van der Waals surface area contributed by atoms with Gasteiger partial charge in [-0.2, -0.15) is 10.1 Å². The number of sulfonamides is 1. The fourth-order valence-corrected chi connectivity index (χ4v) is 12.0. The van der Waals surface area contributed by atoms with E-state index in [1.165, 1.54) is 17.0 Å². The molecular weight excluding hydrogens is 1090 g/mol. The monoisotopic (exact) mass is 1170 g/mol. The Bertz CT molecular complexity index is 3170. The van der Waals surface area contributed by atoms with Crippen LogP contribution in [0.15, 0.2) is 83.3 Å². The Balaban J connectivity index is 0.650. The number of hydrogen-bond acceptors (Lipinski definition) is 16. The van der Waals surface area contributed by atoms with E-state index in [0.29, 0.717) is 53.7 Å². The van der Waals surface area contributed by atoms with E-state index in [4.69, 9.17) is 18.9 Å². The quantitative estimate of drug-likeness (QED) is 0.0282. The summed E-state index contributed by atoms with van der Waals surface area (Å²) in [6.07, 6.45) is 8.60. The van der Waals surface area contributed by atoms with Gasteiger partial charge in [-0.1, -0.05) is 76.8 Å². The number of thiazole rings is 1. The highest BCUT2D eigenvalue weighted by Gasteiger charge is 2.44. The van der Waals surface area contributed by atoms with Gasteiger partial charge < -0.3 is 39.6 Å². The molecule has 0 bridgehead atoms. The van der Waals surface area contributed by atoms with Crippen molar-refractivity contribution < 1.29 is 51.2 Å². The van der Waals surface area contributed by atoms with E-state index in [9.17, 15) is 32.3 Å². The van der Waals surface area contributed by atoms with Gasteiger partial charge in [0.2, 0.25) is 23.6 Å². The molecule has 8 rings (SSSR count). The Morgan fingerprint density at radius 1 is 0.902 bits per heavy atom. The normalized spacial score (nSPS) is 17.3. The second kappa shape index (κ2) is 29.2. The predicted molar refractivity (Wildman–Crippen MR) is 311 cm³/mol. The number of halogens is 1. The molecular formula is C59H77FN10O10S2. The Labute approximate surface area is 483 Å². The molecule has 20 nitrogen and oxygen atoms in total. The molecule has 4 atom stereocenters. The SMILES string of the molecule is Cc1ccc(F)c(S(=O)(=O)Nc2ccc(-c3nc(OCC4CN(CCCCCCOCCCCCCOCC(=O)NC(C(=O)N5CC(O)CC5C(=O)NCc5ccc(-c6scnc6C)cc5)C(C)(C)C)CCO4)c4cn[nH]c4n3)cc2)c1. The minimum Gasteiger partial charge on any atom is -0.474 e. The summed E-state index contributed by atoms with van der Waals surface area (Å²) in [5, 5.41) is 24.0. The van der Waals surface area contributed by atoms with Crippen molar-refractivity contribution in [2.45, 2.75) is 128 Å². The molecule has 442 valence electrons. The van der Waals surface area contributed by atoms with Gasteiger partial charge in [-0.25, -0.2) is 22.8 Å². The molecule has 0 aliphatic carbocycles. The number of benzene rings is 3. The summed E-state index contributed by atoms with van der Waals surface area (Å²) in [7, 11) is -4.16. The van der Waals surface area contributed by atoms with Crippen molar-refractivity contribution in [1.29, 1.82) is 0 Å². The first-order valence-electron chi connectivity index (χ1n) is 28.2. The first kappa shape index (κ1) is 61.6. The summed E-state index contributed by atoms with van der Waals surface area (Å²) >= 11 is 1.57. The molecule has 3 amide bonds. The molecule has 23 heteroatoms. The first-order valence-corrected chi connectivity index (χ1v) is 30.6. The lowest BCUT2D eigenvalue weighted by molar-refractivity contribution is -0.144. The number of hydrogen-bond donors (Lipinski definition) is 5. The van der Waals surface area contributed by atoms with Crippen molar-refractivity contribution in [1.82, 2.24) is 45.6 Å². The van der Waals surface area contributed by atoms with Crippen LogP contribution in [0, 0.1) is 25.1 Å². The standard InChI is InChI=1S/C59H77FN10O10S2/c1-39-14-23-48(60)50(30-39)82(75,76)68-44-21-19-43(20-22-44)54-65-55-47(33-63-67-55)57(66-54)80-36-46-35-69(25-29-79-46)24-10-6-7-11-26-77-27-12-8-9-13-28-78-37-51(72)64-53(59(3,4)5)58(74)70-34-45(71)31-49(70)56(73)61-32-41-15-17-42(18-16-41)52-40(2)62-38-81-52/h14-23,30,33,38,45-46,49,53,68,71H,6-13,24-29,31-32,34-37H2,1-5H3,(H,61,73)(H,64,72)(H,63,65,66,67). The van der Waals surface area contributed by atoms with Crippen LogP contribution in [-0.4, -0.2) is 156 Å². The summed E-state index contributed by atoms with van der Waals surface area (Å²) in [6.45, 7) is 14.5. The number of aryl methyl sites for hydroxylation is 2. The summed E-state index contributed by atoms with van der Waals surface area (Å²) < 4.78 is 66.6. The van der Waals surface area contributed by atoms with E-state index in [1.54, 1.807) is 48.7 Å². The van der Waals surface area contributed by atoms with Crippen molar-refractivity contribution >= 4 is 55.8 Å². The number of fused-ring (bicyclic) bond motifs is 1. The largest absolute Gasteiger partial charge is 0.474 e. The summed E-state index contributed by atoms with van der Waals surface area (Å²) in [4.78, 5) is 58.6. The molecule has 2 aliphatic rings. The van der Waals surface area contributed by atoms with Crippen LogP contribution in [0.3, 0.4) is 0 Å². The van der Waals surface area contributed by atoms with Gasteiger partial charge in [0.25, 0.3) is 10.0 Å². The smallest absolute Gasteiger partial charge is 0.264 e. The van der Waals surface area contributed by atoms with Gasteiger partial charge in [0.05, 0.1) is 35.0 Å². The van der Waals surface area contributed by atoms with E-state index >= 15 is 0 Å². The number of H-pyrrole nitrogens is 1. The lowest BCUT2D eigenvalue weighted by Gasteiger charge is -2.35. The van der Waals surface area contributed by atoms with Crippen molar-refractivity contribution in [2.75, 3.05) is 70.5 Å². The number of carbonyl (C=O) groups excluding carboxylic acids is 3. The van der Waals surface area contributed by atoms with Gasteiger partial charge in [0.15, 0.2) is 11.5 Å². The third-order valence-corrected chi connectivity index (χ3v) is 16.8. The molecule has 5 heterocycles. The number of aromatic amines is 1. The second-order valence-electron chi connectivity index (χ2n) is 22.1. The zero-order valence-electron chi connectivity index (χ0n) is 47.5. The molecule has 0 saturated carbocycles. The highest BCUT2D eigenvalue weighted by atomic mass is 32.2. The molecule has 82 heavy (non-hydrogen) atoms. The third kappa shape index (κ3) is 17.3. The van der Waals surface area contributed by atoms with Gasteiger partial charge in [-0.05, 0) is 105 Å². The molecule has 2 aliphatic heterocycles. The number of unbranched alkanes of at least 4 members (excludes halogenated alkanes) is 6. The Morgan fingerprint density at radius 2 is 1.61 bits per heavy atom. The molecule has 3 aromatic heterocycles. The first-order chi connectivity index (χ1) is 39.4. The van der Waals surface area contributed by atoms with E-state index in [-0.39, 0.29) is 50.4 Å². The Hall–Kier alpha value is -6.47. The van der Waals surface area contributed by atoms with Crippen LogP contribution in [0.25, 0.3) is 32.9 Å². The predicted octanol–water partition coefficient (Wildman–Crippen LogP) is 7.74. The maximum atomic E-state index is 14.4. The molecule has 3 aromatic carbocycles. The number of ether oxygens (including phenoxy) is 4. The molecule has 4 unspecified atom stereocenters. The number of aliphatic hydroxyl groups excluding tert-OH is 1. The number of nitrogens with one attached hydrogen (secondary N) is 4. The average Bonchev–Trinajstić information content (AvgIpc) is 4.23. The fraction of sp³-hybridized carbons (Fsp3) is 0.508. The second-order valence-corrected chi connectivity index (χ2v) is 24.6. The number of β-amino-alcohol motifs (C(OH)–C–C–N with tert-alkyl or cyclic N) is 1. The zero-order chi connectivity index (χ0) is 58.2. The van der Waals surface area contributed by atoms with Crippen molar-refractivity contribution in [3.8, 4) is 27.7 Å². The minimum absolute atomic E-state index is 0.000605. The van der Waals surface area contributed by atoms with E-state index < -0.39 is 56.2 Å². The molecule has 0 spiro atoms. The lowest BCUT2D eigenvalue weighted by Crippen LogP contribution is -2.58. The minimum atomic E-state index is -4.16. The maximum absolute atomic E-state index is 14.4. The van der Waals surface area contributed by atoms with Crippen LogP contribution >= 0.6 is 11.3 Å².